The van der Waals surface area contributed by atoms with Gasteiger partial charge in [-0.05, 0) is 59.3 Å². The van der Waals surface area contributed by atoms with Crippen molar-refractivity contribution < 1.29 is 4.74 Å². The van der Waals surface area contributed by atoms with Gasteiger partial charge in [0.15, 0.2) is 11.8 Å². The summed E-state index contributed by atoms with van der Waals surface area (Å²) >= 11 is 0. The van der Waals surface area contributed by atoms with Gasteiger partial charge in [0.2, 0.25) is 0 Å². The predicted octanol–water partition coefficient (Wildman–Crippen LogP) is 3.46. The first-order valence-corrected chi connectivity index (χ1v) is 10.6. The van der Waals surface area contributed by atoms with Gasteiger partial charge in [-0.1, -0.05) is 12.8 Å². The van der Waals surface area contributed by atoms with Crippen molar-refractivity contribution in [3.63, 3.8) is 0 Å². The minimum absolute atomic E-state index is 0. The normalized spacial score (nSPS) is 23.7. The van der Waals surface area contributed by atoms with Gasteiger partial charge in [-0.25, -0.2) is 4.99 Å². The largest absolute Gasteiger partial charge is 0.376 e. The number of nitrogens with one attached hydrogen (secondary N) is 2. The van der Waals surface area contributed by atoms with Gasteiger partial charge in [-0.3, -0.25) is 0 Å². The molecule has 2 aliphatic carbocycles. The van der Waals surface area contributed by atoms with E-state index in [1.54, 1.807) is 0 Å². The van der Waals surface area contributed by atoms with Crippen LogP contribution in [0.25, 0.3) is 0 Å². The van der Waals surface area contributed by atoms with E-state index in [9.17, 15) is 0 Å². The van der Waals surface area contributed by atoms with Crippen molar-refractivity contribution in [3.05, 3.63) is 11.6 Å². The minimum atomic E-state index is 0. The monoisotopic (exact) mass is 504 g/mol. The Morgan fingerprint density at radius 3 is 2.21 bits per heavy atom. The topological polar surface area (TPSA) is 76.4 Å². The fourth-order valence-electron chi connectivity index (χ4n) is 4.06. The van der Waals surface area contributed by atoms with Gasteiger partial charge >= 0.3 is 0 Å². The van der Waals surface area contributed by atoms with E-state index in [1.165, 1.54) is 25.7 Å². The number of aromatic nitrogens is 3. The predicted molar refractivity (Wildman–Crippen MR) is 123 cm³/mol. The van der Waals surface area contributed by atoms with Crippen molar-refractivity contribution in [3.8, 4) is 0 Å². The summed E-state index contributed by atoms with van der Waals surface area (Å²) in [6.45, 7) is 6.75. The summed E-state index contributed by atoms with van der Waals surface area (Å²) in [4.78, 5) is 4.83. The fraction of sp³-hybridized carbons (Fsp3) is 0.850. The summed E-state index contributed by atoms with van der Waals surface area (Å²) in [7, 11) is 1.99. The Morgan fingerprint density at radius 2 is 1.68 bits per heavy atom. The molecule has 1 heterocycles. The summed E-state index contributed by atoms with van der Waals surface area (Å²) in [6.07, 6.45) is 10.3. The highest BCUT2D eigenvalue weighted by molar-refractivity contribution is 14.0. The van der Waals surface area contributed by atoms with Crippen LogP contribution in [0.15, 0.2) is 4.99 Å². The third kappa shape index (κ3) is 6.86. The SMILES string of the molecule is Cc1nnc(CN=C(NC2CCCC2)NC2CCC(OC(C)C)CC2)n1C.I. The number of halogens is 1. The molecule has 2 aliphatic rings. The lowest BCUT2D eigenvalue weighted by atomic mass is 9.93. The molecule has 160 valence electrons. The third-order valence-corrected chi connectivity index (χ3v) is 5.74. The second kappa shape index (κ2) is 11.3. The molecule has 0 aliphatic heterocycles. The van der Waals surface area contributed by atoms with Crippen LogP contribution in [-0.4, -0.2) is 45.0 Å². The van der Waals surface area contributed by atoms with Crippen LogP contribution in [0.2, 0.25) is 0 Å². The lowest BCUT2D eigenvalue weighted by Gasteiger charge is -2.31. The van der Waals surface area contributed by atoms with Gasteiger partial charge in [0.05, 0.1) is 12.2 Å². The molecule has 2 saturated carbocycles. The molecule has 2 N–H and O–H groups in total. The number of rotatable bonds is 6. The van der Waals surface area contributed by atoms with Crippen molar-refractivity contribution >= 4 is 29.9 Å². The molecule has 0 aromatic carbocycles. The number of hydrogen-bond acceptors (Lipinski definition) is 4. The molecule has 0 atom stereocenters. The number of hydrogen-bond donors (Lipinski definition) is 2. The maximum absolute atomic E-state index is 5.98. The second-order valence-corrected chi connectivity index (χ2v) is 8.32. The maximum atomic E-state index is 5.98. The third-order valence-electron chi connectivity index (χ3n) is 5.74. The number of aliphatic imine (C=N–C) groups is 1. The molecular weight excluding hydrogens is 467 g/mol. The van der Waals surface area contributed by atoms with E-state index >= 15 is 0 Å². The van der Waals surface area contributed by atoms with Gasteiger partial charge in [0, 0.05) is 19.1 Å². The van der Waals surface area contributed by atoms with E-state index in [1.807, 2.05) is 18.5 Å². The first kappa shape index (κ1) is 23.4. The van der Waals surface area contributed by atoms with E-state index < -0.39 is 0 Å². The van der Waals surface area contributed by atoms with E-state index in [4.69, 9.17) is 9.73 Å². The average molecular weight is 504 g/mol. The van der Waals surface area contributed by atoms with Crippen LogP contribution in [0.5, 0.6) is 0 Å². The second-order valence-electron chi connectivity index (χ2n) is 8.32. The Labute approximate surface area is 186 Å². The van der Waals surface area contributed by atoms with Crippen LogP contribution < -0.4 is 10.6 Å². The first-order chi connectivity index (χ1) is 13.0. The fourth-order valence-corrected chi connectivity index (χ4v) is 4.06. The van der Waals surface area contributed by atoms with Gasteiger partial charge in [-0.2, -0.15) is 0 Å². The van der Waals surface area contributed by atoms with E-state index in [-0.39, 0.29) is 24.0 Å². The molecule has 0 radical (unpaired) electrons. The highest BCUT2D eigenvalue weighted by atomic mass is 127. The summed E-state index contributed by atoms with van der Waals surface area (Å²) < 4.78 is 7.99. The number of ether oxygens (including phenoxy) is 1. The highest BCUT2D eigenvalue weighted by Gasteiger charge is 2.24. The summed E-state index contributed by atoms with van der Waals surface area (Å²) in [6, 6.07) is 1.00. The molecule has 0 spiro atoms. The molecule has 7 nitrogen and oxygen atoms in total. The van der Waals surface area contributed by atoms with Gasteiger partial charge in [0.1, 0.15) is 12.4 Å². The zero-order chi connectivity index (χ0) is 19.2. The number of nitrogens with zero attached hydrogens (tertiary/aromatic N) is 4. The Morgan fingerprint density at radius 1 is 1.07 bits per heavy atom. The molecule has 1 aromatic heterocycles. The van der Waals surface area contributed by atoms with Crippen LogP contribution in [0.4, 0.5) is 0 Å². The van der Waals surface area contributed by atoms with Crippen LogP contribution in [0.1, 0.15) is 76.9 Å². The molecule has 28 heavy (non-hydrogen) atoms. The van der Waals surface area contributed by atoms with Crippen molar-refractivity contribution in [1.82, 2.24) is 25.4 Å². The summed E-state index contributed by atoms with van der Waals surface area (Å²) in [5.41, 5.74) is 0. The van der Waals surface area contributed by atoms with Gasteiger partial charge in [-0.15, -0.1) is 34.2 Å². The quantitative estimate of drug-likeness (QED) is 0.353. The average Bonchev–Trinajstić information content (AvgIpc) is 3.25. The number of aryl methyl sites for hydroxylation is 1. The molecular formula is C20H37IN6O. The van der Waals surface area contributed by atoms with Crippen molar-refractivity contribution in [2.24, 2.45) is 12.0 Å². The molecule has 0 bridgehead atoms. The van der Waals surface area contributed by atoms with E-state index in [0.717, 1.165) is 43.3 Å². The maximum Gasteiger partial charge on any atom is 0.192 e. The Hall–Kier alpha value is -0.900. The Balaban J connectivity index is 0.00000280. The molecule has 0 unspecified atom stereocenters. The zero-order valence-electron chi connectivity index (χ0n) is 17.8. The van der Waals surface area contributed by atoms with Crippen LogP contribution in [0.3, 0.4) is 0 Å². The highest BCUT2D eigenvalue weighted by Crippen LogP contribution is 2.23. The van der Waals surface area contributed by atoms with E-state index in [2.05, 4.69) is 34.7 Å². The molecule has 8 heteroatoms. The molecule has 0 amide bonds. The van der Waals surface area contributed by atoms with Crippen LogP contribution in [-0.2, 0) is 18.3 Å². The molecule has 0 saturated heterocycles. The number of guanidine groups is 1. The summed E-state index contributed by atoms with van der Waals surface area (Å²) in [5, 5.41) is 15.7. The summed E-state index contributed by atoms with van der Waals surface area (Å²) in [5.74, 6) is 2.74. The molecule has 1 aromatic rings. The first-order valence-electron chi connectivity index (χ1n) is 10.6. The standard InChI is InChI=1S/C20H36N6O.HI/c1-14(2)27-18-11-9-17(10-12-18)23-20(22-16-7-5-6-8-16)21-13-19-25-24-15(3)26(19)4;/h14,16-18H,5-13H2,1-4H3,(H2,21,22,23);1H. The van der Waals surface area contributed by atoms with Crippen molar-refractivity contribution in [2.45, 2.75) is 103 Å². The van der Waals surface area contributed by atoms with Crippen LogP contribution in [0, 0.1) is 6.92 Å². The molecule has 2 fully saturated rings. The van der Waals surface area contributed by atoms with Crippen molar-refractivity contribution in [2.75, 3.05) is 0 Å². The lowest BCUT2D eigenvalue weighted by molar-refractivity contribution is -0.0152. The lowest BCUT2D eigenvalue weighted by Crippen LogP contribution is -2.48. The minimum Gasteiger partial charge on any atom is -0.376 e. The van der Waals surface area contributed by atoms with Gasteiger partial charge < -0.3 is 19.9 Å². The molecule has 3 rings (SSSR count). The van der Waals surface area contributed by atoms with Crippen molar-refractivity contribution in [1.29, 1.82) is 0 Å². The Bertz CT molecular complexity index is 618. The smallest absolute Gasteiger partial charge is 0.192 e. The van der Waals surface area contributed by atoms with Gasteiger partial charge in [0.25, 0.3) is 0 Å². The zero-order valence-corrected chi connectivity index (χ0v) is 20.1. The van der Waals surface area contributed by atoms with E-state index in [0.29, 0.717) is 30.8 Å². The Kier molecular flexibility index (Phi) is 9.46. The van der Waals surface area contributed by atoms with Crippen LogP contribution >= 0.6 is 24.0 Å².